The molecular formula is C24H24N6O. The van der Waals surface area contributed by atoms with Crippen molar-refractivity contribution in [3.05, 3.63) is 78.6 Å². The summed E-state index contributed by atoms with van der Waals surface area (Å²) in [6.45, 7) is 0.909. The topological polar surface area (TPSA) is 81.7 Å². The first kappa shape index (κ1) is 18.4. The molecule has 2 aliphatic carbocycles. The predicted molar refractivity (Wildman–Crippen MR) is 116 cm³/mol. The van der Waals surface area contributed by atoms with Gasteiger partial charge in [-0.2, -0.15) is 4.98 Å². The molecule has 0 saturated heterocycles. The number of nitrogens with one attached hydrogen (secondary N) is 1. The molecule has 1 N–H and O–H groups in total. The largest absolute Gasteiger partial charge is 0.334 e. The number of hydrogen-bond donors (Lipinski definition) is 1. The van der Waals surface area contributed by atoms with Crippen molar-refractivity contribution >= 4 is 0 Å². The van der Waals surface area contributed by atoms with Crippen LogP contribution in [0.15, 0.2) is 71.8 Å². The van der Waals surface area contributed by atoms with Crippen LogP contribution in [-0.4, -0.2) is 37.5 Å². The summed E-state index contributed by atoms with van der Waals surface area (Å²) in [6, 6.07) is 19.3. The second-order valence-corrected chi connectivity index (χ2v) is 8.71. The van der Waals surface area contributed by atoms with Crippen molar-refractivity contribution in [1.29, 1.82) is 0 Å². The van der Waals surface area contributed by atoms with Gasteiger partial charge in [-0.1, -0.05) is 41.9 Å². The molecule has 0 radical (unpaired) electrons. The van der Waals surface area contributed by atoms with Crippen LogP contribution < -0.4 is 5.32 Å². The van der Waals surface area contributed by atoms with Gasteiger partial charge in [0, 0.05) is 35.2 Å². The predicted octanol–water partition coefficient (Wildman–Crippen LogP) is 3.88. The monoisotopic (exact) mass is 412 g/mol. The van der Waals surface area contributed by atoms with E-state index in [4.69, 9.17) is 9.51 Å². The zero-order chi connectivity index (χ0) is 20.7. The van der Waals surface area contributed by atoms with Crippen LogP contribution in [0.1, 0.15) is 43.0 Å². The minimum Gasteiger partial charge on any atom is -0.334 e. The maximum Gasteiger partial charge on any atom is 0.257 e. The Bertz CT molecular complexity index is 1150. The molecule has 2 atom stereocenters. The molecule has 2 saturated carbocycles. The Morgan fingerprint density at radius 3 is 2.48 bits per heavy atom. The zero-order valence-corrected chi connectivity index (χ0v) is 17.2. The minimum absolute atomic E-state index is 0.00595. The third kappa shape index (κ3) is 3.45. The highest BCUT2D eigenvalue weighted by atomic mass is 16.5. The molecule has 7 heteroatoms. The number of benzene rings is 2. The summed E-state index contributed by atoms with van der Waals surface area (Å²) in [4.78, 5) is 4.79. The van der Waals surface area contributed by atoms with Gasteiger partial charge in [0.1, 0.15) is 12.7 Å². The highest BCUT2D eigenvalue weighted by molar-refractivity contribution is 5.55. The number of nitrogens with zero attached hydrogens (tertiary/aromatic N) is 5. The Balaban J connectivity index is 1.14. The van der Waals surface area contributed by atoms with Crippen LogP contribution in [-0.2, 0) is 5.41 Å². The van der Waals surface area contributed by atoms with Gasteiger partial charge in [-0.25, -0.2) is 0 Å². The van der Waals surface area contributed by atoms with Gasteiger partial charge in [0.25, 0.3) is 5.89 Å². The number of hydrogen-bond acceptors (Lipinski definition) is 6. The van der Waals surface area contributed by atoms with Crippen molar-refractivity contribution in [3.8, 4) is 17.1 Å². The summed E-state index contributed by atoms with van der Waals surface area (Å²) in [5, 5.41) is 15.9. The molecule has 4 aromatic rings. The van der Waals surface area contributed by atoms with Crippen molar-refractivity contribution in [3.63, 3.8) is 0 Å². The summed E-state index contributed by atoms with van der Waals surface area (Å²) in [6.07, 6.45) is 7.98. The Labute approximate surface area is 180 Å². The van der Waals surface area contributed by atoms with Crippen LogP contribution in [0.25, 0.3) is 17.1 Å². The average molecular weight is 412 g/mol. The Kier molecular flexibility index (Phi) is 4.42. The van der Waals surface area contributed by atoms with Gasteiger partial charge in [-0.05, 0) is 49.1 Å². The van der Waals surface area contributed by atoms with E-state index in [1.54, 1.807) is 12.7 Å². The van der Waals surface area contributed by atoms with E-state index in [0.717, 1.165) is 36.5 Å². The summed E-state index contributed by atoms with van der Waals surface area (Å²) in [5.41, 5.74) is 3.34. The molecule has 0 spiro atoms. The third-order valence-corrected chi connectivity index (χ3v) is 6.76. The molecule has 0 amide bonds. The average Bonchev–Trinajstić information content (AvgIpc) is 3.17. The Morgan fingerprint density at radius 1 is 1.00 bits per heavy atom. The maximum absolute atomic E-state index is 5.66. The van der Waals surface area contributed by atoms with E-state index >= 15 is 0 Å². The van der Waals surface area contributed by atoms with E-state index in [-0.39, 0.29) is 5.41 Å². The molecule has 2 aromatic carbocycles. The van der Waals surface area contributed by atoms with E-state index in [1.807, 2.05) is 28.8 Å². The van der Waals surface area contributed by atoms with Crippen molar-refractivity contribution in [2.45, 2.75) is 43.1 Å². The molecule has 0 bridgehead atoms. The van der Waals surface area contributed by atoms with Crippen LogP contribution in [0, 0.1) is 0 Å². The van der Waals surface area contributed by atoms with Gasteiger partial charge in [0.2, 0.25) is 0 Å². The lowest BCUT2D eigenvalue weighted by atomic mass is 9.68. The first-order valence-corrected chi connectivity index (χ1v) is 10.9. The molecule has 2 aliphatic rings. The Morgan fingerprint density at radius 2 is 1.77 bits per heavy atom. The molecular weight excluding hydrogens is 388 g/mol. The van der Waals surface area contributed by atoms with Crippen molar-refractivity contribution in [2.75, 3.05) is 6.54 Å². The second kappa shape index (κ2) is 7.42. The molecule has 2 aromatic heterocycles. The van der Waals surface area contributed by atoms with Crippen LogP contribution >= 0.6 is 0 Å². The van der Waals surface area contributed by atoms with Crippen LogP contribution in [0.4, 0.5) is 0 Å². The van der Waals surface area contributed by atoms with Crippen LogP contribution in [0.3, 0.4) is 0 Å². The normalized spacial score (nSPS) is 21.5. The van der Waals surface area contributed by atoms with Crippen molar-refractivity contribution in [1.82, 2.24) is 30.2 Å². The summed E-state index contributed by atoms with van der Waals surface area (Å²) in [7, 11) is 0. The second-order valence-electron chi connectivity index (χ2n) is 8.71. The van der Waals surface area contributed by atoms with Crippen molar-refractivity contribution in [2.24, 2.45) is 0 Å². The summed E-state index contributed by atoms with van der Waals surface area (Å²) >= 11 is 0. The van der Waals surface area contributed by atoms with E-state index in [2.05, 4.69) is 51.0 Å². The smallest absolute Gasteiger partial charge is 0.257 e. The lowest BCUT2D eigenvalue weighted by Crippen LogP contribution is -2.45. The molecule has 2 fully saturated rings. The molecule has 7 nitrogen and oxygen atoms in total. The van der Waals surface area contributed by atoms with Gasteiger partial charge in [0.15, 0.2) is 5.82 Å². The highest BCUT2D eigenvalue weighted by Crippen LogP contribution is 2.45. The fraction of sp³-hybridized carbons (Fsp3) is 0.333. The highest BCUT2D eigenvalue weighted by Gasteiger charge is 2.46. The fourth-order valence-corrected chi connectivity index (χ4v) is 4.57. The molecule has 1 unspecified atom stereocenters. The van der Waals surface area contributed by atoms with E-state index in [0.29, 0.717) is 17.9 Å². The Hall–Kier alpha value is -3.32. The summed E-state index contributed by atoms with van der Waals surface area (Å²) in [5.74, 6) is 2.04. The molecule has 156 valence electrons. The fourth-order valence-electron chi connectivity index (χ4n) is 4.57. The van der Waals surface area contributed by atoms with Gasteiger partial charge < -0.3 is 9.84 Å². The van der Waals surface area contributed by atoms with Gasteiger partial charge >= 0.3 is 0 Å². The van der Waals surface area contributed by atoms with Crippen molar-refractivity contribution < 1.29 is 4.52 Å². The van der Waals surface area contributed by atoms with Gasteiger partial charge in [0.05, 0.1) is 0 Å². The molecule has 6 rings (SSSR count). The van der Waals surface area contributed by atoms with Gasteiger partial charge in [-0.3, -0.25) is 4.57 Å². The van der Waals surface area contributed by atoms with E-state index in [9.17, 15) is 0 Å². The number of rotatable bonds is 7. The van der Waals surface area contributed by atoms with Crippen LogP contribution in [0.2, 0.25) is 0 Å². The quantitative estimate of drug-likeness (QED) is 0.496. The first-order chi connectivity index (χ1) is 15.3. The lowest BCUT2D eigenvalue weighted by Gasteiger charge is -2.39. The van der Waals surface area contributed by atoms with Gasteiger partial charge in [-0.15, -0.1) is 10.2 Å². The maximum atomic E-state index is 5.66. The third-order valence-electron chi connectivity index (χ3n) is 6.76. The lowest BCUT2D eigenvalue weighted by molar-refractivity contribution is 0.211. The van der Waals surface area contributed by atoms with E-state index < -0.39 is 0 Å². The molecule has 0 aliphatic heterocycles. The van der Waals surface area contributed by atoms with E-state index in [1.165, 1.54) is 18.4 Å². The molecule has 31 heavy (non-hydrogen) atoms. The SMILES string of the molecule is c1ccc(C2C[C@@H]2NCC2(c3noc(-c4ccc(-n5cnnc5)cc4)n3)CCC2)cc1. The summed E-state index contributed by atoms with van der Waals surface area (Å²) < 4.78 is 7.52. The minimum atomic E-state index is -0.00595. The standard InChI is InChI=1S/C24H24N6O/c1-2-5-17(6-3-1)20-13-21(20)25-14-24(11-4-12-24)23-28-22(31-29-23)18-7-9-19(10-8-18)30-15-26-27-16-30/h1-3,5-10,15-16,20-21,25H,4,11-14H2/t20?,21-/m0/s1. The molecule has 2 heterocycles. The van der Waals surface area contributed by atoms with Crippen LogP contribution in [0.5, 0.6) is 0 Å². The number of aromatic nitrogens is 5. The first-order valence-electron chi connectivity index (χ1n) is 10.9. The zero-order valence-electron chi connectivity index (χ0n) is 17.2.